The van der Waals surface area contributed by atoms with Crippen LogP contribution in [0.5, 0.6) is 0 Å². The van der Waals surface area contributed by atoms with E-state index < -0.39 is 97.5 Å². The van der Waals surface area contributed by atoms with Crippen molar-refractivity contribution in [3.05, 3.63) is 24.3 Å². The SMILES string of the molecule is CCCCCC/C=C\C=C/CCCCCCCC(=O)O[C@H](COC(=O)CCCCCCCCCC(C)C)COP(=O)(O)OCC(O)COP(=O)(O)OC[C@@H](COC(=O)CCCCCCCCCCCCCCCCCCC(C)C)OC(=O)CCCCCCCCCCCCCCCCC(C)C. The third-order valence-corrected chi connectivity index (χ3v) is 20.4. The predicted molar refractivity (Wildman–Crippen MR) is 414 cm³/mol. The van der Waals surface area contributed by atoms with Crippen LogP contribution in [-0.4, -0.2) is 96.7 Å². The van der Waals surface area contributed by atoms with Crippen LogP contribution >= 0.6 is 15.6 Å². The summed E-state index contributed by atoms with van der Waals surface area (Å²) in [7, 11) is -9.93. The fourth-order valence-electron chi connectivity index (χ4n) is 12.1. The zero-order valence-electron chi connectivity index (χ0n) is 65.9. The molecule has 101 heavy (non-hydrogen) atoms. The molecule has 19 heteroatoms. The average molecular weight is 1480 g/mol. The molecule has 0 aliphatic carbocycles. The van der Waals surface area contributed by atoms with Crippen molar-refractivity contribution in [1.82, 2.24) is 0 Å². The van der Waals surface area contributed by atoms with E-state index in [1.54, 1.807) is 0 Å². The summed E-state index contributed by atoms with van der Waals surface area (Å²) in [6.07, 6.45) is 63.3. The van der Waals surface area contributed by atoms with Crippen LogP contribution in [0.15, 0.2) is 24.3 Å². The van der Waals surface area contributed by atoms with Gasteiger partial charge in [0.15, 0.2) is 12.2 Å². The Bertz CT molecular complexity index is 2050. The molecular weight excluding hydrogens is 1320 g/mol. The molecule has 0 spiro atoms. The van der Waals surface area contributed by atoms with Crippen LogP contribution in [0.2, 0.25) is 0 Å². The Balaban J connectivity index is 5.27. The number of esters is 4. The molecule has 0 aromatic rings. The van der Waals surface area contributed by atoms with Gasteiger partial charge in [-0.1, -0.05) is 349 Å². The third kappa shape index (κ3) is 75.6. The topological polar surface area (TPSA) is 237 Å². The minimum Gasteiger partial charge on any atom is -0.462 e. The second-order valence-electron chi connectivity index (χ2n) is 30.3. The molecule has 0 heterocycles. The zero-order chi connectivity index (χ0) is 74.4. The molecular formula is C82H156O17P2. The van der Waals surface area contributed by atoms with Crippen LogP contribution in [-0.2, 0) is 65.4 Å². The maximum atomic E-state index is 13.1. The van der Waals surface area contributed by atoms with Crippen molar-refractivity contribution in [2.24, 2.45) is 17.8 Å². The monoisotopic (exact) mass is 1480 g/mol. The van der Waals surface area contributed by atoms with Gasteiger partial charge in [-0.15, -0.1) is 0 Å². The smallest absolute Gasteiger partial charge is 0.462 e. The highest BCUT2D eigenvalue weighted by molar-refractivity contribution is 7.47. The van der Waals surface area contributed by atoms with Gasteiger partial charge in [0, 0.05) is 25.7 Å². The number of rotatable bonds is 78. The number of allylic oxidation sites excluding steroid dienone is 4. The van der Waals surface area contributed by atoms with Gasteiger partial charge in [-0.3, -0.25) is 37.3 Å². The van der Waals surface area contributed by atoms with Crippen LogP contribution in [0.1, 0.15) is 402 Å². The quantitative estimate of drug-likeness (QED) is 0.0169. The first-order valence-electron chi connectivity index (χ1n) is 41.7. The highest BCUT2D eigenvalue weighted by atomic mass is 31.2. The van der Waals surface area contributed by atoms with E-state index in [1.165, 1.54) is 193 Å². The summed E-state index contributed by atoms with van der Waals surface area (Å²) in [5, 5.41) is 10.6. The van der Waals surface area contributed by atoms with Crippen molar-refractivity contribution >= 4 is 39.5 Å². The summed E-state index contributed by atoms with van der Waals surface area (Å²) in [5.74, 6) is 0.166. The van der Waals surface area contributed by atoms with Gasteiger partial charge in [-0.25, -0.2) is 9.13 Å². The highest BCUT2D eigenvalue weighted by Crippen LogP contribution is 2.45. The van der Waals surface area contributed by atoms with Crippen LogP contribution in [0.3, 0.4) is 0 Å². The van der Waals surface area contributed by atoms with Gasteiger partial charge in [0.05, 0.1) is 26.4 Å². The largest absolute Gasteiger partial charge is 0.472 e. The Morgan fingerprint density at radius 3 is 0.802 bits per heavy atom. The molecule has 0 amide bonds. The number of unbranched alkanes of at least 4 members (excludes halogenated alkanes) is 43. The standard InChI is InChI=1S/C82H156O17P2/c1-8-9-10-11-12-13-14-15-18-26-31-36-43-51-58-65-82(87)99-78(70-93-80(85)64-57-50-45-38-41-48-55-62-75(6)7)72-97-101(90,91)95-68-76(83)67-94-100(88,89)96-71-77(98-81(86)66-59-52-44-37-32-27-22-21-24-29-34-40-47-54-61-74(4)5)69-92-79(84)63-56-49-42-35-30-25-20-17-16-19-23-28-33-39-46-53-60-73(2)3/h13-15,18,73-78,83H,8-12,16-17,19-72H2,1-7H3,(H,88,89)(H,90,91)/b14-13-,18-15-/t76?,77-,78-/m1/s1. The summed E-state index contributed by atoms with van der Waals surface area (Å²) in [6.45, 7) is 11.9. The molecule has 0 bridgehead atoms. The first kappa shape index (κ1) is 98.5. The van der Waals surface area contributed by atoms with Crippen molar-refractivity contribution in [3.63, 3.8) is 0 Å². The predicted octanol–water partition coefficient (Wildman–Crippen LogP) is 24.1. The van der Waals surface area contributed by atoms with E-state index >= 15 is 0 Å². The number of aliphatic hydroxyl groups is 1. The molecule has 0 aliphatic rings. The number of carbonyl (C=O) groups excluding carboxylic acids is 4. The molecule has 0 radical (unpaired) electrons. The van der Waals surface area contributed by atoms with E-state index in [9.17, 15) is 43.2 Å². The minimum atomic E-state index is -4.97. The summed E-state index contributed by atoms with van der Waals surface area (Å²) in [5.41, 5.74) is 0. The lowest BCUT2D eigenvalue weighted by Crippen LogP contribution is -2.30. The van der Waals surface area contributed by atoms with E-state index in [4.69, 9.17) is 37.0 Å². The molecule has 0 rings (SSSR count). The second-order valence-corrected chi connectivity index (χ2v) is 33.2. The second kappa shape index (κ2) is 71.8. The molecule has 596 valence electrons. The van der Waals surface area contributed by atoms with Gasteiger partial charge in [-0.2, -0.15) is 0 Å². The van der Waals surface area contributed by atoms with Crippen molar-refractivity contribution in [1.29, 1.82) is 0 Å². The fourth-order valence-corrected chi connectivity index (χ4v) is 13.7. The Hall–Kier alpha value is -2.46. The van der Waals surface area contributed by atoms with Crippen LogP contribution in [0.4, 0.5) is 0 Å². The van der Waals surface area contributed by atoms with Gasteiger partial charge in [0.1, 0.15) is 19.3 Å². The summed E-state index contributed by atoms with van der Waals surface area (Å²) in [4.78, 5) is 73.0. The molecule has 17 nitrogen and oxygen atoms in total. The maximum Gasteiger partial charge on any atom is 0.472 e. The molecule has 0 aromatic carbocycles. The number of hydrogen-bond acceptors (Lipinski definition) is 15. The Morgan fingerprint density at radius 2 is 0.535 bits per heavy atom. The lowest BCUT2D eigenvalue weighted by atomic mass is 10.0. The number of aliphatic hydroxyl groups excluding tert-OH is 1. The first-order valence-corrected chi connectivity index (χ1v) is 44.7. The van der Waals surface area contributed by atoms with E-state index in [0.717, 1.165) is 121 Å². The molecule has 3 N–H and O–H groups in total. The molecule has 0 aromatic heterocycles. The van der Waals surface area contributed by atoms with E-state index in [-0.39, 0.29) is 25.7 Å². The molecule has 5 atom stereocenters. The highest BCUT2D eigenvalue weighted by Gasteiger charge is 2.30. The van der Waals surface area contributed by atoms with E-state index in [0.29, 0.717) is 31.6 Å². The molecule has 0 saturated carbocycles. The Labute approximate surface area is 618 Å². The van der Waals surface area contributed by atoms with Gasteiger partial charge < -0.3 is 33.8 Å². The van der Waals surface area contributed by atoms with Crippen LogP contribution in [0, 0.1) is 17.8 Å². The third-order valence-electron chi connectivity index (χ3n) is 18.5. The molecule has 0 fully saturated rings. The normalized spacial score (nSPS) is 14.1. The number of carbonyl (C=O) groups is 4. The minimum absolute atomic E-state index is 0.0842. The lowest BCUT2D eigenvalue weighted by Gasteiger charge is -2.21. The van der Waals surface area contributed by atoms with Crippen molar-refractivity contribution in [2.45, 2.75) is 420 Å². The summed E-state index contributed by atoms with van der Waals surface area (Å²) < 4.78 is 68.7. The van der Waals surface area contributed by atoms with Crippen LogP contribution < -0.4 is 0 Å². The Kier molecular flexibility index (Phi) is 70.0. The van der Waals surface area contributed by atoms with Gasteiger partial charge in [0.2, 0.25) is 0 Å². The van der Waals surface area contributed by atoms with Gasteiger partial charge >= 0.3 is 39.5 Å². The Morgan fingerprint density at radius 1 is 0.307 bits per heavy atom. The van der Waals surface area contributed by atoms with E-state index in [2.05, 4.69) is 72.8 Å². The molecule has 0 aliphatic heterocycles. The van der Waals surface area contributed by atoms with Crippen molar-refractivity contribution in [2.75, 3.05) is 39.6 Å². The first-order chi connectivity index (χ1) is 48.7. The summed E-state index contributed by atoms with van der Waals surface area (Å²) in [6, 6.07) is 0. The van der Waals surface area contributed by atoms with Gasteiger partial charge in [-0.05, 0) is 69.1 Å². The lowest BCUT2D eigenvalue weighted by molar-refractivity contribution is -0.161. The van der Waals surface area contributed by atoms with Crippen molar-refractivity contribution in [3.8, 4) is 0 Å². The van der Waals surface area contributed by atoms with Gasteiger partial charge in [0.25, 0.3) is 0 Å². The van der Waals surface area contributed by atoms with E-state index in [1.807, 2.05) is 0 Å². The summed E-state index contributed by atoms with van der Waals surface area (Å²) >= 11 is 0. The van der Waals surface area contributed by atoms with Crippen molar-refractivity contribution < 1.29 is 80.2 Å². The molecule has 0 saturated heterocycles. The number of phosphoric acid groups is 2. The number of hydrogen-bond donors (Lipinski definition) is 3. The van der Waals surface area contributed by atoms with Crippen LogP contribution in [0.25, 0.3) is 0 Å². The molecule has 3 unspecified atom stereocenters. The number of ether oxygens (including phenoxy) is 4. The zero-order valence-corrected chi connectivity index (χ0v) is 67.6. The number of phosphoric ester groups is 2. The average Bonchev–Trinajstić information content (AvgIpc) is 0.944. The maximum absolute atomic E-state index is 13.1. The fraction of sp³-hybridized carbons (Fsp3) is 0.902.